The van der Waals surface area contributed by atoms with Crippen LogP contribution in [-0.4, -0.2) is 70.5 Å². The van der Waals surface area contributed by atoms with Crippen molar-refractivity contribution in [3.63, 3.8) is 0 Å². The zero-order valence-corrected chi connectivity index (χ0v) is 20.6. The fourth-order valence-corrected chi connectivity index (χ4v) is 3.74. The summed E-state index contributed by atoms with van der Waals surface area (Å²) in [6.45, 7) is 11.7. The molecule has 1 aliphatic heterocycles. The molecule has 0 atom stereocenters. The van der Waals surface area contributed by atoms with Gasteiger partial charge in [0.15, 0.2) is 0 Å². The first-order valence-electron chi connectivity index (χ1n) is 11.6. The van der Waals surface area contributed by atoms with Crippen molar-refractivity contribution in [3.05, 3.63) is 48.0 Å². The van der Waals surface area contributed by atoms with E-state index in [1.807, 2.05) is 64.1 Å². The predicted molar refractivity (Wildman–Crippen MR) is 135 cm³/mol. The van der Waals surface area contributed by atoms with Crippen molar-refractivity contribution in [2.75, 3.05) is 50.6 Å². The highest BCUT2D eigenvalue weighted by Gasteiger charge is 2.24. The molecule has 0 bridgehead atoms. The lowest BCUT2D eigenvalue weighted by Gasteiger charge is -2.34. The van der Waals surface area contributed by atoms with Gasteiger partial charge in [0, 0.05) is 49.6 Å². The maximum Gasteiger partial charge on any atom is 0.494 e. The van der Waals surface area contributed by atoms with E-state index < -0.39 is 7.12 Å². The van der Waals surface area contributed by atoms with Crippen molar-refractivity contribution in [1.29, 1.82) is 0 Å². The van der Waals surface area contributed by atoms with E-state index in [1.165, 1.54) is 0 Å². The number of anilines is 2. The monoisotopic (exact) mass is 453 g/mol. The summed E-state index contributed by atoms with van der Waals surface area (Å²) in [6, 6.07) is 13.2. The maximum absolute atomic E-state index is 13.0. The SMILES string of the molecule is COc1ccc(C(=O)Nc2ccc(B(OC(C)C)OC(C)C)cc2)cc1N1CCN(C)CC1. The summed E-state index contributed by atoms with van der Waals surface area (Å²) >= 11 is 0. The van der Waals surface area contributed by atoms with E-state index >= 15 is 0 Å². The molecule has 7 nitrogen and oxygen atoms in total. The van der Waals surface area contributed by atoms with Gasteiger partial charge in [-0.3, -0.25) is 4.79 Å². The van der Waals surface area contributed by atoms with E-state index in [2.05, 4.69) is 22.2 Å². The number of likely N-dealkylation sites (N-methyl/N-ethyl adjacent to an activating group) is 1. The zero-order chi connectivity index (χ0) is 24.0. The number of benzene rings is 2. The third-order valence-corrected chi connectivity index (χ3v) is 5.52. The average molecular weight is 453 g/mol. The summed E-state index contributed by atoms with van der Waals surface area (Å²) < 4.78 is 17.4. The number of nitrogens with zero attached hydrogens (tertiary/aromatic N) is 2. The van der Waals surface area contributed by atoms with Crippen LogP contribution in [0, 0.1) is 0 Å². The lowest BCUT2D eigenvalue weighted by Crippen LogP contribution is -2.44. The standard InChI is InChI=1S/C25H36BN3O4/c1-18(2)32-26(33-19(3)4)21-8-10-22(11-9-21)27-25(30)20-7-12-24(31-6)23(17-20)29-15-13-28(5)14-16-29/h7-12,17-19H,13-16H2,1-6H3,(H,27,30). The maximum atomic E-state index is 13.0. The van der Waals surface area contributed by atoms with Crippen LogP contribution < -0.4 is 20.4 Å². The normalized spacial score (nSPS) is 14.6. The summed E-state index contributed by atoms with van der Waals surface area (Å²) in [6.07, 6.45) is 0.0791. The van der Waals surface area contributed by atoms with Crippen molar-refractivity contribution in [2.45, 2.75) is 39.9 Å². The molecule has 0 spiro atoms. The van der Waals surface area contributed by atoms with Crippen LogP contribution in [0.15, 0.2) is 42.5 Å². The Labute approximate surface area is 198 Å². The largest absolute Gasteiger partial charge is 0.495 e. The average Bonchev–Trinajstić information content (AvgIpc) is 2.78. The van der Waals surface area contributed by atoms with Gasteiger partial charge >= 0.3 is 7.12 Å². The van der Waals surface area contributed by atoms with E-state index in [-0.39, 0.29) is 18.1 Å². The highest BCUT2D eigenvalue weighted by atomic mass is 16.6. The number of rotatable bonds is 9. The van der Waals surface area contributed by atoms with Gasteiger partial charge in [0.1, 0.15) is 5.75 Å². The quantitative estimate of drug-likeness (QED) is 0.589. The first-order chi connectivity index (χ1) is 15.8. The van der Waals surface area contributed by atoms with E-state index in [0.717, 1.165) is 43.1 Å². The highest BCUT2D eigenvalue weighted by Crippen LogP contribution is 2.30. The van der Waals surface area contributed by atoms with E-state index in [4.69, 9.17) is 14.0 Å². The van der Waals surface area contributed by atoms with Crippen LogP contribution in [0.5, 0.6) is 5.75 Å². The molecule has 1 N–H and O–H groups in total. The highest BCUT2D eigenvalue weighted by molar-refractivity contribution is 6.61. The minimum absolute atomic E-state index is 0.0395. The molecule has 2 aromatic carbocycles. The minimum Gasteiger partial charge on any atom is -0.495 e. The Morgan fingerprint density at radius 2 is 1.55 bits per heavy atom. The molecule has 3 rings (SSSR count). The van der Waals surface area contributed by atoms with Gasteiger partial charge in [-0.15, -0.1) is 0 Å². The van der Waals surface area contributed by atoms with Gasteiger partial charge in [-0.2, -0.15) is 0 Å². The van der Waals surface area contributed by atoms with Crippen molar-refractivity contribution in [3.8, 4) is 5.75 Å². The predicted octanol–water partition coefficient (Wildman–Crippen LogP) is 3.24. The van der Waals surface area contributed by atoms with Gasteiger partial charge in [0.2, 0.25) is 0 Å². The number of nitrogens with one attached hydrogen (secondary N) is 1. The van der Waals surface area contributed by atoms with Crippen molar-refractivity contribution in [2.24, 2.45) is 0 Å². The Hall–Kier alpha value is -2.55. The second-order valence-electron chi connectivity index (χ2n) is 8.95. The number of amides is 1. The molecule has 0 saturated carbocycles. The summed E-state index contributed by atoms with van der Waals surface area (Å²) in [4.78, 5) is 17.6. The van der Waals surface area contributed by atoms with Crippen LogP contribution in [0.25, 0.3) is 0 Å². The minimum atomic E-state index is -0.442. The molecule has 0 radical (unpaired) electrons. The number of hydrogen-bond acceptors (Lipinski definition) is 6. The van der Waals surface area contributed by atoms with E-state index in [9.17, 15) is 4.79 Å². The van der Waals surface area contributed by atoms with Gasteiger partial charge in [0.25, 0.3) is 5.91 Å². The second-order valence-corrected chi connectivity index (χ2v) is 8.95. The zero-order valence-electron chi connectivity index (χ0n) is 20.6. The van der Waals surface area contributed by atoms with Crippen LogP contribution in [0.3, 0.4) is 0 Å². The molecule has 0 aromatic heterocycles. The number of carbonyl (C=O) groups is 1. The fourth-order valence-electron chi connectivity index (χ4n) is 3.74. The van der Waals surface area contributed by atoms with Crippen LogP contribution in [0.1, 0.15) is 38.1 Å². The smallest absolute Gasteiger partial charge is 0.494 e. The molecule has 1 heterocycles. The summed E-state index contributed by atoms with van der Waals surface area (Å²) in [5.41, 5.74) is 3.18. The lowest BCUT2D eigenvalue weighted by atomic mass is 9.78. The molecule has 1 fully saturated rings. The molecular weight excluding hydrogens is 417 g/mol. The molecule has 2 aromatic rings. The number of hydrogen-bond donors (Lipinski definition) is 1. The Bertz CT molecular complexity index is 902. The molecule has 0 aliphatic carbocycles. The molecule has 0 unspecified atom stereocenters. The first kappa shape index (κ1) is 25.1. The number of piperazine rings is 1. The molecule has 33 heavy (non-hydrogen) atoms. The summed E-state index contributed by atoms with van der Waals surface area (Å²) in [5, 5.41) is 2.99. The number of carbonyl (C=O) groups excluding carboxylic acids is 1. The fraction of sp³-hybridized carbons (Fsp3) is 0.480. The van der Waals surface area contributed by atoms with Gasteiger partial charge in [-0.1, -0.05) is 12.1 Å². The number of ether oxygens (including phenoxy) is 1. The topological polar surface area (TPSA) is 63.3 Å². The third kappa shape index (κ3) is 6.97. The third-order valence-electron chi connectivity index (χ3n) is 5.52. The van der Waals surface area contributed by atoms with Crippen LogP contribution in [0.2, 0.25) is 0 Å². The first-order valence-corrected chi connectivity index (χ1v) is 11.6. The van der Waals surface area contributed by atoms with E-state index in [0.29, 0.717) is 11.3 Å². The molecular formula is C25H36BN3O4. The lowest BCUT2D eigenvalue weighted by molar-refractivity contribution is 0.102. The Kier molecular flexibility index (Phi) is 8.77. The molecule has 178 valence electrons. The summed E-state index contributed by atoms with van der Waals surface area (Å²) in [7, 11) is 3.34. The second kappa shape index (κ2) is 11.5. The molecule has 1 amide bonds. The Morgan fingerprint density at radius 3 is 2.09 bits per heavy atom. The Balaban J connectivity index is 1.72. The summed E-state index contributed by atoms with van der Waals surface area (Å²) in [5.74, 6) is 0.621. The van der Waals surface area contributed by atoms with Crippen LogP contribution >= 0.6 is 0 Å². The number of methoxy groups -OCH3 is 1. The van der Waals surface area contributed by atoms with E-state index in [1.54, 1.807) is 13.2 Å². The van der Waals surface area contributed by atoms with Crippen molar-refractivity contribution < 1.29 is 18.8 Å². The molecule has 1 aliphatic rings. The van der Waals surface area contributed by atoms with Crippen molar-refractivity contribution >= 4 is 29.9 Å². The van der Waals surface area contributed by atoms with Gasteiger partial charge in [-0.05, 0) is 70.5 Å². The molecule has 1 saturated heterocycles. The van der Waals surface area contributed by atoms with Gasteiger partial charge in [-0.25, -0.2) is 0 Å². The van der Waals surface area contributed by atoms with Crippen LogP contribution in [-0.2, 0) is 9.31 Å². The Morgan fingerprint density at radius 1 is 0.939 bits per heavy atom. The van der Waals surface area contributed by atoms with Gasteiger partial charge < -0.3 is 29.2 Å². The molecule has 8 heteroatoms. The van der Waals surface area contributed by atoms with Crippen LogP contribution in [0.4, 0.5) is 11.4 Å². The van der Waals surface area contributed by atoms with Crippen molar-refractivity contribution in [1.82, 2.24) is 4.90 Å². The van der Waals surface area contributed by atoms with Gasteiger partial charge in [0.05, 0.1) is 12.8 Å².